The van der Waals surface area contributed by atoms with E-state index in [0.717, 1.165) is 6.08 Å². The minimum Gasteiger partial charge on any atom is -0.478 e. The van der Waals surface area contributed by atoms with Crippen LogP contribution >= 0.6 is 15.9 Å². The SMILES string of the molecule is Cc1cc(/C=C/C(=O)O)c(Br)cc1F. The summed E-state index contributed by atoms with van der Waals surface area (Å²) in [6, 6.07) is 2.90. The Bertz CT molecular complexity index is 399. The number of aliphatic carboxylic acids is 1. The molecule has 0 amide bonds. The monoisotopic (exact) mass is 258 g/mol. The summed E-state index contributed by atoms with van der Waals surface area (Å²) in [4.78, 5) is 10.3. The fourth-order valence-corrected chi connectivity index (χ4v) is 1.42. The molecule has 0 bridgehead atoms. The lowest BCUT2D eigenvalue weighted by atomic mass is 10.1. The maximum atomic E-state index is 13.0. The number of aryl methyl sites for hydroxylation is 1. The Morgan fingerprint density at radius 3 is 2.79 bits per heavy atom. The van der Waals surface area contributed by atoms with Gasteiger partial charge in [0.2, 0.25) is 0 Å². The molecule has 4 heteroatoms. The minimum atomic E-state index is -1.03. The second-order valence-electron chi connectivity index (χ2n) is 2.79. The number of benzene rings is 1. The van der Waals surface area contributed by atoms with Crippen LogP contribution in [-0.2, 0) is 4.79 Å². The summed E-state index contributed by atoms with van der Waals surface area (Å²) in [5, 5.41) is 8.41. The van der Waals surface area contributed by atoms with E-state index in [4.69, 9.17) is 5.11 Å². The van der Waals surface area contributed by atoms with E-state index in [1.54, 1.807) is 13.0 Å². The maximum absolute atomic E-state index is 13.0. The lowest BCUT2D eigenvalue weighted by Crippen LogP contribution is -1.88. The van der Waals surface area contributed by atoms with Gasteiger partial charge in [0.15, 0.2) is 0 Å². The van der Waals surface area contributed by atoms with Crippen LogP contribution in [0.3, 0.4) is 0 Å². The molecule has 1 rings (SSSR count). The van der Waals surface area contributed by atoms with Gasteiger partial charge in [-0.3, -0.25) is 0 Å². The number of rotatable bonds is 2. The van der Waals surface area contributed by atoms with Crippen molar-refractivity contribution in [1.82, 2.24) is 0 Å². The third-order valence-corrected chi connectivity index (χ3v) is 2.37. The van der Waals surface area contributed by atoms with E-state index in [0.29, 0.717) is 15.6 Å². The van der Waals surface area contributed by atoms with Gasteiger partial charge in [0, 0.05) is 10.5 Å². The van der Waals surface area contributed by atoms with Crippen molar-refractivity contribution < 1.29 is 14.3 Å². The molecule has 0 heterocycles. The average molecular weight is 259 g/mol. The summed E-state index contributed by atoms with van der Waals surface area (Å²) in [6.45, 7) is 1.62. The first-order valence-electron chi connectivity index (χ1n) is 3.87. The first-order chi connectivity index (χ1) is 6.50. The third-order valence-electron chi connectivity index (χ3n) is 1.68. The Kier molecular flexibility index (Phi) is 3.41. The van der Waals surface area contributed by atoms with Gasteiger partial charge in [-0.05, 0) is 36.3 Å². The Balaban J connectivity index is 3.10. The van der Waals surface area contributed by atoms with Crippen molar-refractivity contribution in [3.63, 3.8) is 0 Å². The fraction of sp³-hybridized carbons (Fsp3) is 0.100. The van der Waals surface area contributed by atoms with Crippen LogP contribution < -0.4 is 0 Å². The zero-order valence-corrected chi connectivity index (χ0v) is 9.01. The molecular formula is C10H8BrFO2. The van der Waals surface area contributed by atoms with Crippen molar-refractivity contribution in [3.8, 4) is 0 Å². The van der Waals surface area contributed by atoms with E-state index in [1.165, 1.54) is 12.1 Å². The van der Waals surface area contributed by atoms with Gasteiger partial charge < -0.3 is 5.11 Å². The average Bonchev–Trinajstić information content (AvgIpc) is 2.09. The summed E-state index contributed by atoms with van der Waals surface area (Å²) in [5.41, 5.74) is 1.13. The van der Waals surface area contributed by atoms with Crippen molar-refractivity contribution in [3.05, 3.63) is 39.6 Å². The van der Waals surface area contributed by atoms with Gasteiger partial charge in [0.05, 0.1) is 0 Å². The van der Waals surface area contributed by atoms with Crippen LogP contribution in [-0.4, -0.2) is 11.1 Å². The molecule has 0 aliphatic carbocycles. The molecule has 14 heavy (non-hydrogen) atoms. The van der Waals surface area contributed by atoms with E-state index in [-0.39, 0.29) is 5.82 Å². The molecule has 0 fully saturated rings. The normalized spacial score (nSPS) is 10.8. The first kappa shape index (κ1) is 10.9. The molecule has 1 aromatic carbocycles. The van der Waals surface area contributed by atoms with Crippen molar-refractivity contribution in [2.75, 3.05) is 0 Å². The van der Waals surface area contributed by atoms with Crippen LogP contribution in [0.25, 0.3) is 6.08 Å². The zero-order chi connectivity index (χ0) is 10.7. The second kappa shape index (κ2) is 4.37. The molecule has 0 saturated carbocycles. The summed E-state index contributed by atoms with van der Waals surface area (Å²) in [6.07, 6.45) is 2.43. The van der Waals surface area contributed by atoms with Crippen LogP contribution in [0.2, 0.25) is 0 Å². The molecule has 0 radical (unpaired) electrons. The third kappa shape index (κ3) is 2.67. The molecule has 0 spiro atoms. The highest BCUT2D eigenvalue weighted by molar-refractivity contribution is 9.10. The Morgan fingerprint density at radius 1 is 1.57 bits per heavy atom. The highest BCUT2D eigenvalue weighted by atomic mass is 79.9. The number of carbonyl (C=O) groups is 1. The van der Waals surface area contributed by atoms with E-state index < -0.39 is 5.97 Å². The summed E-state index contributed by atoms with van der Waals surface area (Å²) in [7, 11) is 0. The van der Waals surface area contributed by atoms with Crippen LogP contribution in [0.4, 0.5) is 4.39 Å². The van der Waals surface area contributed by atoms with Gasteiger partial charge in [-0.2, -0.15) is 0 Å². The lowest BCUT2D eigenvalue weighted by Gasteiger charge is -2.01. The topological polar surface area (TPSA) is 37.3 Å². The Hall–Kier alpha value is -1.16. The molecule has 1 aromatic rings. The summed E-state index contributed by atoms with van der Waals surface area (Å²) >= 11 is 3.15. The smallest absolute Gasteiger partial charge is 0.328 e. The van der Waals surface area contributed by atoms with Crippen molar-refractivity contribution in [2.24, 2.45) is 0 Å². The molecule has 0 saturated heterocycles. The summed E-state index contributed by atoms with van der Waals surface area (Å²) < 4.78 is 13.5. The van der Waals surface area contributed by atoms with Crippen molar-refractivity contribution >= 4 is 28.0 Å². The van der Waals surface area contributed by atoms with E-state index >= 15 is 0 Å². The lowest BCUT2D eigenvalue weighted by molar-refractivity contribution is -0.131. The van der Waals surface area contributed by atoms with Crippen LogP contribution in [0, 0.1) is 12.7 Å². The molecule has 74 valence electrons. The van der Waals surface area contributed by atoms with Gasteiger partial charge in [-0.25, -0.2) is 9.18 Å². The minimum absolute atomic E-state index is 0.315. The quantitative estimate of drug-likeness (QED) is 0.829. The van der Waals surface area contributed by atoms with E-state index in [2.05, 4.69) is 15.9 Å². The molecule has 0 atom stereocenters. The van der Waals surface area contributed by atoms with Crippen LogP contribution in [0.5, 0.6) is 0 Å². The largest absolute Gasteiger partial charge is 0.478 e. The molecule has 0 aliphatic heterocycles. The molecule has 0 aromatic heterocycles. The van der Waals surface area contributed by atoms with Gasteiger partial charge in [0.25, 0.3) is 0 Å². The van der Waals surface area contributed by atoms with Crippen LogP contribution in [0.1, 0.15) is 11.1 Å². The van der Waals surface area contributed by atoms with Gasteiger partial charge in [-0.15, -0.1) is 0 Å². The molecule has 0 aliphatic rings. The Labute approximate surface area is 89.2 Å². The highest BCUT2D eigenvalue weighted by Crippen LogP contribution is 2.22. The number of hydrogen-bond acceptors (Lipinski definition) is 1. The van der Waals surface area contributed by atoms with Gasteiger partial charge >= 0.3 is 5.97 Å². The van der Waals surface area contributed by atoms with Gasteiger partial charge in [-0.1, -0.05) is 15.9 Å². The number of carboxylic acids is 1. The number of carboxylic acid groups (broad SMARTS) is 1. The van der Waals surface area contributed by atoms with E-state index in [9.17, 15) is 9.18 Å². The predicted octanol–water partition coefficient (Wildman–Crippen LogP) is 2.99. The second-order valence-corrected chi connectivity index (χ2v) is 3.65. The van der Waals surface area contributed by atoms with Crippen LogP contribution in [0.15, 0.2) is 22.7 Å². The molecular weight excluding hydrogens is 251 g/mol. The zero-order valence-electron chi connectivity index (χ0n) is 7.42. The van der Waals surface area contributed by atoms with Crippen molar-refractivity contribution in [1.29, 1.82) is 0 Å². The maximum Gasteiger partial charge on any atom is 0.328 e. The molecule has 0 unspecified atom stereocenters. The van der Waals surface area contributed by atoms with E-state index in [1.807, 2.05) is 0 Å². The van der Waals surface area contributed by atoms with Crippen molar-refractivity contribution in [2.45, 2.75) is 6.92 Å². The van der Waals surface area contributed by atoms with Gasteiger partial charge in [0.1, 0.15) is 5.82 Å². The number of halogens is 2. The standard InChI is InChI=1S/C10H8BrFO2/c1-6-4-7(2-3-10(13)14)8(11)5-9(6)12/h2-5H,1H3,(H,13,14)/b3-2+. The molecule has 2 nitrogen and oxygen atoms in total. The Morgan fingerprint density at radius 2 is 2.21 bits per heavy atom. The predicted molar refractivity (Wildman–Crippen MR) is 55.5 cm³/mol. The number of hydrogen-bond donors (Lipinski definition) is 1. The molecule has 1 N–H and O–H groups in total. The first-order valence-corrected chi connectivity index (χ1v) is 4.66. The fourth-order valence-electron chi connectivity index (χ4n) is 0.968. The highest BCUT2D eigenvalue weighted by Gasteiger charge is 2.02. The summed E-state index contributed by atoms with van der Waals surface area (Å²) in [5.74, 6) is -1.34.